The fraction of sp³-hybridized carbons (Fsp3) is 1.00. The lowest BCUT2D eigenvalue weighted by Crippen LogP contribution is -2.40. The second-order valence-corrected chi connectivity index (χ2v) is 6.26. The second kappa shape index (κ2) is 3.87. The molecule has 14 heavy (non-hydrogen) atoms. The molecule has 0 atom stereocenters. The SMILES string of the molecule is CCC1CC2(CCC(C(C)C)CC2)C1. The average molecular weight is 194 g/mol. The van der Waals surface area contributed by atoms with Gasteiger partial charge in [0.1, 0.15) is 0 Å². The maximum absolute atomic E-state index is 2.40. The van der Waals surface area contributed by atoms with Gasteiger partial charge in [-0.05, 0) is 61.7 Å². The van der Waals surface area contributed by atoms with Gasteiger partial charge >= 0.3 is 0 Å². The van der Waals surface area contributed by atoms with Crippen molar-refractivity contribution < 1.29 is 0 Å². The summed E-state index contributed by atoms with van der Waals surface area (Å²) in [4.78, 5) is 0. The quantitative estimate of drug-likeness (QED) is 0.601. The van der Waals surface area contributed by atoms with Crippen LogP contribution in [0.2, 0.25) is 0 Å². The monoisotopic (exact) mass is 194 g/mol. The third kappa shape index (κ3) is 1.85. The second-order valence-electron chi connectivity index (χ2n) is 6.26. The van der Waals surface area contributed by atoms with Crippen molar-refractivity contribution in [3.8, 4) is 0 Å². The van der Waals surface area contributed by atoms with Crippen molar-refractivity contribution in [1.82, 2.24) is 0 Å². The Balaban J connectivity index is 1.80. The summed E-state index contributed by atoms with van der Waals surface area (Å²) in [5.74, 6) is 3.06. The lowest BCUT2D eigenvalue weighted by atomic mass is 9.53. The highest BCUT2D eigenvalue weighted by Gasteiger charge is 2.45. The fourth-order valence-corrected chi connectivity index (χ4v) is 3.78. The smallest absolute Gasteiger partial charge is 0.0292 e. The van der Waals surface area contributed by atoms with Crippen LogP contribution in [0, 0.1) is 23.2 Å². The Bertz CT molecular complexity index is 176. The van der Waals surface area contributed by atoms with Gasteiger partial charge in [0.05, 0.1) is 0 Å². The molecular formula is C14H26. The van der Waals surface area contributed by atoms with Crippen LogP contribution < -0.4 is 0 Å². The van der Waals surface area contributed by atoms with Crippen molar-refractivity contribution in [1.29, 1.82) is 0 Å². The van der Waals surface area contributed by atoms with Crippen LogP contribution in [-0.2, 0) is 0 Å². The highest BCUT2D eigenvalue weighted by Crippen LogP contribution is 2.57. The summed E-state index contributed by atoms with van der Waals surface area (Å²) in [6.07, 6.45) is 10.7. The first kappa shape index (κ1) is 10.5. The van der Waals surface area contributed by atoms with Gasteiger partial charge in [-0.25, -0.2) is 0 Å². The van der Waals surface area contributed by atoms with E-state index >= 15 is 0 Å². The highest BCUT2D eigenvalue weighted by molar-refractivity contribution is 4.96. The molecule has 0 aromatic carbocycles. The number of rotatable bonds is 2. The molecule has 0 saturated heterocycles. The summed E-state index contributed by atoms with van der Waals surface area (Å²) in [6, 6.07) is 0. The van der Waals surface area contributed by atoms with Gasteiger partial charge in [-0.3, -0.25) is 0 Å². The van der Waals surface area contributed by atoms with E-state index in [1.165, 1.54) is 19.3 Å². The predicted octanol–water partition coefficient (Wildman–Crippen LogP) is 4.64. The van der Waals surface area contributed by atoms with Crippen LogP contribution >= 0.6 is 0 Å². The molecule has 0 heteroatoms. The molecule has 1 spiro atoms. The van der Waals surface area contributed by atoms with E-state index < -0.39 is 0 Å². The molecule has 0 aromatic rings. The van der Waals surface area contributed by atoms with Crippen LogP contribution in [0.3, 0.4) is 0 Å². The third-order valence-electron chi connectivity index (χ3n) is 5.05. The van der Waals surface area contributed by atoms with Gasteiger partial charge in [-0.15, -0.1) is 0 Å². The highest BCUT2D eigenvalue weighted by atomic mass is 14.5. The van der Waals surface area contributed by atoms with Crippen molar-refractivity contribution in [2.75, 3.05) is 0 Å². The minimum Gasteiger partial charge on any atom is -0.0651 e. The summed E-state index contributed by atoms with van der Waals surface area (Å²) in [7, 11) is 0. The Kier molecular flexibility index (Phi) is 2.91. The standard InChI is InChI=1S/C14H26/c1-4-12-9-14(10-12)7-5-13(6-8-14)11(2)3/h11-13H,4-10H2,1-3H3. The third-order valence-corrected chi connectivity index (χ3v) is 5.05. The predicted molar refractivity (Wildman–Crippen MR) is 62.2 cm³/mol. The van der Waals surface area contributed by atoms with E-state index in [1.807, 2.05) is 0 Å². The molecule has 0 nitrogen and oxygen atoms in total. The van der Waals surface area contributed by atoms with E-state index in [4.69, 9.17) is 0 Å². The number of hydrogen-bond acceptors (Lipinski definition) is 0. The molecule has 0 N–H and O–H groups in total. The maximum atomic E-state index is 2.40. The summed E-state index contributed by atoms with van der Waals surface area (Å²) in [5, 5.41) is 0. The molecule has 2 aliphatic carbocycles. The molecule has 0 radical (unpaired) electrons. The molecular weight excluding hydrogens is 168 g/mol. The van der Waals surface area contributed by atoms with Gasteiger partial charge in [0, 0.05) is 0 Å². The van der Waals surface area contributed by atoms with Gasteiger partial charge in [0.2, 0.25) is 0 Å². The van der Waals surface area contributed by atoms with Gasteiger partial charge in [-0.1, -0.05) is 27.2 Å². The van der Waals surface area contributed by atoms with Crippen molar-refractivity contribution in [3.63, 3.8) is 0 Å². The first-order chi connectivity index (χ1) is 6.65. The molecule has 0 amide bonds. The summed E-state index contributed by atoms with van der Waals surface area (Å²) < 4.78 is 0. The molecule has 2 saturated carbocycles. The first-order valence-corrected chi connectivity index (χ1v) is 6.65. The van der Waals surface area contributed by atoms with Crippen molar-refractivity contribution >= 4 is 0 Å². The molecule has 0 unspecified atom stereocenters. The molecule has 2 rings (SSSR count). The molecule has 0 heterocycles. The topological polar surface area (TPSA) is 0 Å². The molecule has 2 aliphatic rings. The zero-order valence-electron chi connectivity index (χ0n) is 10.2. The molecule has 82 valence electrons. The van der Waals surface area contributed by atoms with Gasteiger partial charge in [-0.2, -0.15) is 0 Å². The van der Waals surface area contributed by atoms with E-state index in [9.17, 15) is 0 Å². The van der Waals surface area contributed by atoms with E-state index in [1.54, 1.807) is 25.7 Å². The van der Waals surface area contributed by atoms with Crippen molar-refractivity contribution in [3.05, 3.63) is 0 Å². The summed E-state index contributed by atoms with van der Waals surface area (Å²) >= 11 is 0. The molecule has 0 bridgehead atoms. The zero-order valence-corrected chi connectivity index (χ0v) is 10.2. The fourth-order valence-electron chi connectivity index (χ4n) is 3.78. The minimum absolute atomic E-state index is 0.839. The molecule has 0 aromatic heterocycles. The molecule has 0 aliphatic heterocycles. The largest absolute Gasteiger partial charge is 0.0651 e. The van der Waals surface area contributed by atoms with E-state index in [2.05, 4.69) is 20.8 Å². The first-order valence-electron chi connectivity index (χ1n) is 6.65. The van der Waals surface area contributed by atoms with E-state index in [0.29, 0.717) is 0 Å². The van der Waals surface area contributed by atoms with Crippen LogP contribution in [0.4, 0.5) is 0 Å². The summed E-state index contributed by atoms with van der Waals surface area (Å²) in [6.45, 7) is 7.16. The zero-order chi connectivity index (χ0) is 10.2. The Hall–Kier alpha value is 0. The van der Waals surface area contributed by atoms with Gasteiger partial charge in [0.25, 0.3) is 0 Å². The lowest BCUT2D eigenvalue weighted by Gasteiger charge is -2.52. The van der Waals surface area contributed by atoms with Crippen LogP contribution in [0.1, 0.15) is 65.7 Å². The Morgan fingerprint density at radius 2 is 1.71 bits per heavy atom. The normalized spacial score (nSPS) is 42.9. The Morgan fingerprint density at radius 1 is 1.14 bits per heavy atom. The van der Waals surface area contributed by atoms with E-state index in [0.717, 1.165) is 23.2 Å². The van der Waals surface area contributed by atoms with Crippen LogP contribution in [-0.4, -0.2) is 0 Å². The van der Waals surface area contributed by atoms with Crippen molar-refractivity contribution in [2.24, 2.45) is 23.2 Å². The average Bonchev–Trinajstić information content (AvgIpc) is 2.14. The minimum atomic E-state index is 0.839. The van der Waals surface area contributed by atoms with Crippen LogP contribution in [0.15, 0.2) is 0 Å². The number of hydrogen-bond donors (Lipinski definition) is 0. The molecule has 2 fully saturated rings. The maximum Gasteiger partial charge on any atom is -0.0292 e. The van der Waals surface area contributed by atoms with Gasteiger partial charge in [0.15, 0.2) is 0 Å². The van der Waals surface area contributed by atoms with Crippen LogP contribution in [0.5, 0.6) is 0 Å². The van der Waals surface area contributed by atoms with E-state index in [-0.39, 0.29) is 0 Å². The van der Waals surface area contributed by atoms with Gasteiger partial charge < -0.3 is 0 Å². The Morgan fingerprint density at radius 3 is 2.14 bits per heavy atom. The Labute approximate surface area is 89.5 Å². The van der Waals surface area contributed by atoms with Crippen molar-refractivity contribution in [2.45, 2.75) is 65.7 Å². The van der Waals surface area contributed by atoms with Crippen LogP contribution in [0.25, 0.3) is 0 Å². The summed E-state index contributed by atoms with van der Waals surface area (Å²) in [5.41, 5.74) is 0.839. The lowest BCUT2D eigenvalue weighted by molar-refractivity contribution is -0.00758.